The molecule has 2 N–H and O–H groups in total. The molecule has 224 valence electrons. The molecular weight excluding hydrogens is 532 g/mol. The van der Waals surface area contributed by atoms with Gasteiger partial charge in [0.15, 0.2) is 0 Å². The van der Waals surface area contributed by atoms with Gasteiger partial charge in [0.25, 0.3) is 0 Å². The number of carbonyl (C=O) groups excluding carboxylic acids is 1. The lowest BCUT2D eigenvalue weighted by molar-refractivity contribution is 0.0137. The van der Waals surface area contributed by atoms with E-state index in [0.29, 0.717) is 32.3 Å². The van der Waals surface area contributed by atoms with E-state index < -0.39 is 5.60 Å². The third-order valence-corrected chi connectivity index (χ3v) is 8.22. The number of hydrogen-bond donors (Lipinski definition) is 2. The predicted molar refractivity (Wildman–Crippen MR) is 164 cm³/mol. The molecular formula is C32H42N6O4. The molecule has 10 nitrogen and oxygen atoms in total. The Morgan fingerprint density at radius 2 is 1.88 bits per heavy atom. The Morgan fingerprint density at radius 1 is 1.07 bits per heavy atom. The fraction of sp³-hybridized carbons (Fsp3) is 0.531. The number of amides is 1. The van der Waals surface area contributed by atoms with Crippen LogP contribution in [0.3, 0.4) is 0 Å². The monoisotopic (exact) mass is 574 g/mol. The maximum Gasteiger partial charge on any atom is 0.410 e. The highest BCUT2D eigenvalue weighted by atomic mass is 16.6. The number of aromatic nitrogens is 2. The number of piperazine rings is 1. The Bertz CT molecular complexity index is 1430. The van der Waals surface area contributed by atoms with Crippen molar-refractivity contribution in [2.45, 2.75) is 52.2 Å². The number of benzene rings is 2. The summed E-state index contributed by atoms with van der Waals surface area (Å²) in [6.07, 6.45) is 2.44. The van der Waals surface area contributed by atoms with Crippen LogP contribution in [0.4, 0.5) is 16.3 Å². The number of phenols is 1. The second-order valence-corrected chi connectivity index (χ2v) is 12.6. The van der Waals surface area contributed by atoms with E-state index in [-0.39, 0.29) is 17.8 Å². The largest absolute Gasteiger partial charge is 0.508 e. The molecule has 3 aliphatic rings. The van der Waals surface area contributed by atoms with Crippen molar-refractivity contribution in [3.05, 3.63) is 47.7 Å². The van der Waals surface area contributed by atoms with Crippen molar-refractivity contribution in [3.63, 3.8) is 0 Å². The third kappa shape index (κ3) is 6.33. The number of carbonyl (C=O) groups is 1. The van der Waals surface area contributed by atoms with Crippen LogP contribution in [0.25, 0.3) is 10.8 Å². The topological polar surface area (TPSA) is 103 Å². The van der Waals surface area contributed by atoms with E-state index >= 15 is 0 Å². The van der Waals surface area contributed by atoms with Crippen LogP contribution in [0.5, 0.6) is 11.8 Å². The van der Waals surface area contributed by atoms with E-state index in [2.05, 4.69) is 21.2 Å². The molecule has 0 radical (unpaired) electrons. The average Bonchev–Trinajstić information content (AvgIpc) is 2.98. The first kappa shape index (κ1) is 28.3. The zero-order valence-corrected chi connectivity index (χ0v) is 24.9. The number of anilines is 2. The van der Waals surface area contributed by atoms with Crippen LogP contribution in [0.15, 0.2) is 36.4 Å². The molecule has 1 aromatic heterocycles. The molecule has 2 fully saturated rings. The predicted octanol–water partition coefficient (Wildman–Crippen LogP) is 4.33. The molecule has 6 rings (SSSR count). The number of nitrogens with zero attached hydrogens (tertiary/aromatic N) is 5. The van der Waals surface area contributed by atoms with Gasteiger partial charge >= 0.3 is 12.1 Å². The molecule has 3 aromatic rings. The lowest BCUT2D eigenvalue weighted by Gasteiger charge is -2.36. The lowest BCUT2D eigenvalue weighted by atomic mass is 9.99. The molecule has 2 saturated heterocycles. The van der Waals surface area contributed by atoms with Gasteiger partial charge in [-0.1, -0.05) is 24.3 Å². The first-order valence-electron chi connectivity index (χ1n) is 15.2. The van der Waals surface area contributed by atoms with Crippen LogP contribution in [-0.4, -0.2) is 84.1 Å². The van der Waals surface area contributed by atoms with Crippen molar-refractivity contribution in [2.24, 2.45) is 5.92 Å². The highest BCUT2D eigenvalue weighted by molar-refractivity contribution is 5.95. The van der Waals surface area contributed by atoms with Crippen molar-refractivity contribution in [2.75, 3.05) is 62.2 Å². The number of rotatable bonds is 5. The van der Waals surface area contributed by atoms with Crippen LogP contribution in [0, 0.1) is 5.92 Å². The van der Waals surface area contributed by atoms with Crippen LogP contribution in [-0.2, 0) is 17.7 Å². The number of aromatic hydroxyl groups is 1. The highest BCUT2D eigenvalue weighted by Gasteiger charge is 2.30. The fourth-order valence-electron chi connectivity index (χ4n) is 6.22. The van der Waals surface area contributed by atoms with Gasteiger partial charge in [0.05, 0.1) is 18.8 Å². The number of phenolic OH excluding ortho intramolecular Hbond substituents is 1. The van der Waals surface area contributed by atoms with Gasteiger partial charge in [0.1, 0.15) is 17.2 Å². The smallest absolute Gasteiger partial charge is 0.410 e. The Kier molecular flexibility index (Phi) is 7.98. The normalized spacial score (nSPS) is 19.5. The van der Waals surface area contributed by atoms with Gasteiger partial charge in [-0.2, -0.15) is 9.97 Å². The van der Waals surface area contributed by atoms with Gasteiger partial charge in [0.2, 0.25) is 0 Å². The zero-order valence-electron chi connectivity index (χ0n) is 24.9. The summed E-state index contributed by atoms with van der Waals surface area (Å²) < 4.78 is 11.9. The maximum atomic E-state index is 12.7. The molecule has 3 aliphatic heterocycles. The van der Waals surface area contributed by atoms with Crippen molar-refractivity contribution in [1.82, 2.24) is 20.2 Å². The van der Waals surface area contributed by atoms with Crippen LogP contribution in [0.2, 0.25) is 0 Å². The van der Waals surface area contributed by atoms with E-state index in [1.165, 1.54) is 5.56 Å². The second kappa shape index (κ2) is 11.8. The molecule has 2 aromatic carbocycles. The van der Waals surface area contributed by atoms with E-state index in [1.54, 1.807) is 4.90 Å². The molecule has 1 atom stereocenters. The Labute approximate surface area is 247 Å². The summed E-state index contributed by atoms with van der Waals surface area (Å²) in [6, 6.07) is 12.2. The number of hydrogen-bond acceptors (Lipinski definition) is 9. The molecule has 1 amide bonds. The third-order valence-electron chi connectivity index (χ3n) is 8.22. The summed E-state index contributed by atoms with van der Waals surface area (Å²) in [6.45, 7) is 12.4. The first-order valence-corrected chi connectivity index (χ1v) is 15.2. The number of piperidine rings is 1. The van der Waals surface area contributed by atoms with Gasteiger partial charge in [-0.05, 0) is 51.5 Å². The number of ether oxygens (including phenoxy) is 2. The summed E-state index contributed by atoms with van der Waals surface area (Å²) in [7, 11) is 0. The van der Waals surface area contributed by atoms with Gasteiger partial charge in [-0.25, -0.2) is 4.79 Å². The first-order chi connectivity index (χ1) is 20.2. The molecule has 0 aliphatic carbocycles. The molecule has 0 bridgehead atoms. The minimum absolute atomic E-state index is 0.184. The Balaban J connectivity index is 1.23. The molecule has 0 spiro atoms. The number of fused-ring (bicyclic) bond motifs is 2. The molecule has 4 heterocycles. The van der Waals surface area contributed by atoms with Crippen molar-refractivity contribution in [1.29, 1.82) is 0 Å². The summed E-state index contributed by atoms with van der Waals surface area (Å²) >= 11 is 0. The van der Waals surface area contributed by atoms with Crippen molar-refractivity contribution in [3.8, 4) is 11.8 Å². The summed E-state index contributed by atoms with van der Waals surface area (Å²) in [4.78, 5) is 29.0. The van der Waals surface area contributed by atoms with Crippen molar-refractivity contribution >= 4 is 28.4 Å². The highest BCUT2D eigenvalue weighted by Crippen LogP contribution is 2.36. The number of likely N-dealkylation sites (tertiary alicyclic amines) is 1. The maximum absolute atomic E-state index is 12.7. The quantitative estimate of drug-likeness (QED) is 0.461. The summed E-state index contributed by atoms with van der Waals surface area (Å²) in [5.74, 6) is 1.41. The van der Waals surface area contributed by atoms with Crippen molar-refractivity contribution < 1.29 is 19.4 Å². The van der Waals surface area contributed by atoms with E-state index in [9.17, 15) is 9.90 Å². The average molecular weight is 575 g/mol. The summed E-state index contributed by atoms with van der Waals surface area (Å²) in [5, 5.41) is 16.0. The Morgan fingerprint density at radius 3 is 2.69 bits per heavy atom. The second-order valence-electron chi connectivity index (χ2n) is 12.6. The number of nitrogens with one attached hydrogen (secondary N) is 1. The molecule has 42 heavy (non-hydrogen) atoms. The molecule has 10 heteroatoms. The minimum Gasteiger partial charge on any atom is -0.508 e. The Hall–Kier alpha value is -3.79. The van der Waals surface area contributed by atoms with Crippen LogP contribution < -0.4 is 19.9 Å². The standard InChI is InChI=1S/C32H42N6O4/c1-32(2,3)42-31(40)38-13-6-7-22(19-38)21-41-30-34-27-20-37(28-18-24(39)17-23-8-4-5-9-25(23)28)14-10-26(27)29(35-30)36-15-11-33-12-16-36/h4-5,8-9,17-18,22,33,39H,6-7,10-16,19-21H2,1-3H3. The van der Waals surface area contributed by atoms with Gasteiger partial charge in [-0.15, -0.1) is 0 Å². The fourth-order valence-corrected chi connectivity index (χ4v) is 6.22. The molecule has 0 saturated carbocycles. The minimum atomic E-state index is -0.517. The molecule has 1 unspecified atom stereocenters. The summed E-state index contributed by atoms with van der Waals surface area (Å²) in [5.41, 5.74) is 2.63. The van der Waals surface area contributed by atoms with E-state index in [4.69, 9.17) is 19.4 Å². The van der Waals surface area contributed by atoms with Gasteiger partial charge in [-0.3, -0.25) is 0 Å². The lowest BCUT2D eigenvalue weighted by Crippen LogP contribution is -2.45. The van der Waals surface area contributed by atoms with Gasteiger partial charge in [0, 0.05) is 74.4 Å². The van der Waals surface area contributed by atoms with Gasteiger partial charge < -0.3 is 34.6 Å². The van der Waals surface area contributed by atoms with Crippen LogP contribution in [0.1, 0.15) is 44.9 Å². The zero-order chi connectivity index (χ0) is 29.3. The van der Waals surface area contributed by atoms with Crippen LogP contribution >= 0.6 is 0 Å². The van der Waals surface area contributed by atoms with E-state index in [0.717, 1.165) is 80.0 Å². The SMILES string of the molecule is CC(C)(C)OC(=O)N1CCCC(COc2nc3c(c(N4CCNCC4)n2)CCN(c2cc(O)cc4ccccc24)C3)C1. The van der Waals surface area contributed by atoms with E-state index in [1.807, 2.05) is 51.1 Å².